The molecule has 0 saturated carbocycles. The highest BCUT2D eigenvalue weighted by Crippen LogP contribution is 2.29. The predicted octanol–water partition coefficient (Wildman–Crippen LogP) is 3.80. The number of anilines is 2. The molecule has 0 bridgehead atoms. The molecule has 7 nitrogen and oxygen atoms in total. The summed E-state index contributed by atoms with van der Waals surface area (Å²) in [6, 6.07) is 9.98. The summed E-state index contributed by atoms with van der Waals surface area (Å²) in [6.45, 7) is 1.18. The number of amides is 4. The van der Waals surface area contributed by atoms with Crippen LogP contribution in [0.25, 0.3) is 0 Å². The minimum absolute atomic E-state index is 0.349. The Bertz CT molecular complexity index is 933. The summed E-state index contributed by atoms with van der Waals surface area (Å²) in [5.74, 6) is -0.603. The fraction of sp³-hybridized carbons (Fsp3) is 0.211. The quantitative estimate of drug-likeness (QED) is 0.744. The minimum atomic E-state index is -0.734. The van der Waals surface area contributed by atoms with Crippen LogP contribution in [-0.4, -0.2) is 42.4 Å². The van der Waals surface area contributed by atoms with Crippen LogP contribution in [0.15, 0.2) is 42.5 Å². The van der Waals surface area contributed by atoms with Crippen molar-refractivity contribution in [3.63, 3.8) is 0 Å². The Kier molecular flexibility index (Phi) is 5.76. The van der Waals surface area contributed by atoms with Gasteiger partial charge in [-0.05, 0) is 49.4 Å². The van der Waals surface area contributed by atoms with Crippen molar-refractivity contribution in [2.75, 3.05) is 23.9 Å². The number of nitrogens with one attached hydrogen (secondary N) is 1. The monoisotopic (exact) mass is 421 g/mol. The zero-order chi connectivity index (χ0) is 20.4. The van der Waals surface area contributed by atoms with Gasteiger partial charge < -0.3 is 10.1 Å². The maximum atomic E-state index is 12.7. The molecule has 28 heavy (non-hydrogen) atoms. The third-order valence-corrected chi connectivity index (χ3v) is 4.78. The second-order valence-corrected chi connectivity index (χ2v) is 7.00. The van der Waals surface area contributed by atoms with Gasteiger partial charge in [0, 0.05) is 15.7 Å². The first kappa shape index (κ1) is 20.0. The number of carbonyl (C=O) groups is 3. The lowest BCUT2D eigenvalue weighted by atomic mass is 10.2. The largest absolute Gasteiger partial charge is 0.495 e. The Hall–Kier alpha value is -2.77. The third-order valence-electron chi connectivity index (χ3n) is 4.29. The fourth-order valence-corrected chi connectivity index (χ4v) is 3.22. The third kappa shape index (κ3) is 3.90. The van der Waals surface area contributed by atoms with Crippen molar-refractivity contribution in [1.29, 1.82) is 0 Å². The van der Waals surface area contributed by atoms with E-state index in [9.17, 15) is 14.4 Å². The van der Waals surface area contributed by atoms with E-state index < -0.39 is 30.4 Å². The van der Waals surface area contributed by atoms with E-state index in [0.29, 0.717) is 27.2 Å². The lowest BCUT2D eigenvalue weighted by Gasteiger charge is -2.19. The number of urea groups is 1. The Morgan fingerprint density at radius 3 is 2.39 bits per heavy atom. The summed E-state index contributed by atoms with van der Waals surface area (Å²) in [6.07, 6.45) is 0. The summed E-state index contributed by atoms with van der Waals surface area (Å²) in [7, 11) is 1.46. The molecule has 2 aromatic carbocycles. The van der Waals surface area contributed by atoms with Gasteiger partial charge in [-0.2, -0.15) is 0 Å². The molecule has 1 N–H and O–H groups in total. The molecule has 1 unspecified atom stereocenters. The van der Waals surface area contributed by atoms with Crippen LogP contribution in [0.5, 0.6) is 5.75 Å². The Morgan fingerprint density at radius 2 is 1.75 bits per heavy atom. The van der Waals surface area contributed by atoms with Crippen molar-refractivity contribution in [3.05, 3.63) is 52.5 Å². The molecule has 3 rings (SSSR count). The first-order chi connectivity index (χ1) is 13.3. The van der Waals surface area contributed by atoms with Gasteiger partial charge in [-0.3, -0.25) is 19.4 Å². The van der Waals surface area contributed by atoms with Gasteiger partial charge in [-0.15, -0.1) is 0 Å². The zero-order valence-corrected chi connectivity index (χ0v) is 16.6. The number of halogens is 2. The second-order valence-electron chi connectivity index (χ2n) is 6.12. The number of imide groups is 1. The molecular weight excluding hydrogens is 405 g/mol. The van der Waals surface area contributed by atoms with Crippen LogP contribution in [0.2, 0.25) is 10.0 Å². The SMILES string of the molecule is COc1ccc(Cl)cc1NC(=O)CN1C(=O)C(C)N(c2ccc(Cl)cc2)C1=O. The summed E-state index contributed by atoms with van der Waals surface area (Å²) in [4.78, 5) is 40.0. The standard InChI is InChI=1S/C19H17Cl2N3O4/c1-11-18(26)23(19(27)24(11)14-6-3-12(20)4-7-14)10-17(25)22-15-9-13(21)5-8-16(15)28-2/h3-9,11H,10H2,1-2H3,(H,22,25). The van der Waals surface area contributed by atoms with Crippen LogP contribution < -0.4 is 15.0 Å². The number of benzene rings is 2. The highest BCUT2D eigenvalue weighted by atomic mass is 35.5. The minimum Gasteiger partial charge on any atom is -0.495 e. The van der Waals surface area contributed by atoms with Gasteiger partial charge in [0.1, 0.15) is 18.3 Å². The van der Waals surface area contributed by atoms with E-state index in [4.69, 9.17) is 27.9 Å². The number of hydrogen-bond acceptors (Lipinski definition) is 4. The Morgan fingerprint density at radius 1 is 1.11 bits per heavy atom. The van der Waals surface area contributed by atoms with E-state index in [1.807, 2.05) is 0 Å². The smallest absolute Gasteiger partial charge is 0.332 e. The molecule has 4 amide bonds. The van der Waals surface area contributed by atoms with Crippen molar-refractivity contribution in [3.8, 4) is 5.75 Å². The molecule has 1 heterocycles. The topological polar surface area (TPSA) is 79.0 Å². The number of rotatable bonds is 5. The molecule has 1 saturated heterocycles. The molecule has 0 aromatic heterocycles. The van der Waals surface area contributed by atoms with E-state index in [-0.39, 0.29) is 0 Å². The summed E-state index contributed by atoms with van der Waals surface area (Å²) >= 11 is 11.8. The van der Waals surface area contributed by atoms with Crippen LogP contribution in [0.4, 0.5) is 16.2 Å². The molecule has 1 aliphatic heterocycles. The number of ether oxygens (including phenoxy) is 1. The number of carbonyl (C=O) groups excluding carboxylic acids is 3. The molecule has 2 aromatic rings. The normalized spacial score (nSPS) is 16.5. The Labute approximate surface area is 171 Å². The highest BCUT2D eigenvalue weighted by Gasteiger charge is 2.44. The van der Waals surface area contributed by atoms with Gasteiger partial charge in [-0.1, -0.05) is 23.2 Å². The fourth-order valence-electron chi connectivity index (χ4n) is 2.92. The van der Waals surface area contributed by atoms with Crippen molar-refractivity contribution in [2.24, 2.45) is 0 Å². The van der Waals surface area contributed by atoms with Gasteiger partial charge >= 0.3 is 6.03 Å². The van der Waals surface area contributed by atoms with Crippen LogP contribution in [0.3, 0.4) is 0 Å². The number of methoxy groups -OCH3 is 1. The van der Waals surface area contributed by atoms with E-state index in [1.165, 1.54) is 18.1 Å². The molecule has 0 spiro atoms. The molecule has 1 aliphatic rings. The summed E-state index contributed by atoms with van der Waals surface area (Å²) in [5, 5.41) is 3.54. The first-order valence-electron chi connectivity index (χ1n) is 8.35. The van der Waals surface area contributed by atoms with E-state index in [2.05, 4.69) is 5.32 Å². The molecule has 9 heteroatoms. The number of nitrogens with zero attached hydrogens (tertiary/aromatic N) is 2. The van der Waals surface area contributed by atoms with Crippen LogP contribution in [-0.2, 0) is 9.59 Å². The predicted molar refractivity (Wildman–Crippen MR) is 107 cm³/mol. The summed E-state index contributed by atoms with van der Waals surface area (Å²) < 4.78 is 5.18. The molecule has 0 radical (unpaired) electrons. The molecule has 0 aliphatic carbocycles. The number of hydrogen-bond donors (Lipinski definition) is 1. The molecule has 1 fully saturated rings. The highest BCUT2D eigenvalue weighted by molar-refractivity contribution is 6.31. The van der Waals surface area contributed by atoms with E-state index in [1.54, 1.807) is 43.3 Å². The lowest BCUT2D eigenvalue weighted by Crippen LogP contribution is -2.39. The van der Waals surface area contributed by atoms with Gasteiger partial charge in [0.2, 0.25) is 5.91 Å². The van der Waals surface area contributed by atoms with Crippen molar-refractivity contribution in [1.82, 2.24) is 4.90 Å². The molecule has 146 valence electrons. The lowest BCUT2D eigenvalue weighted by molar-refractivity contribution is -0.130. The van der Waals surface area contributed by atoms with Gasteiger partial charge in [0.05, 0.1) is 12.8 Å². The first-order valence-corrected chi connectivity index (χ1v) is 9.11. The average molecular weight is 422 g/mol. The van der Waals surface area contributed by atoms with Gasteiger partial charge in [0.15, 0.2) is 0 Å². The van der Waals surface area contributed by atoms with E-state index >= 15 is 0 Å². The maximum Gasteiger partial charge on any atom is 0.332 e. The maximum absolute atomic E-state index is 12.7. The molecule has 1 atom stereocenters. The van der Waals surface area contributed by atoms with Crippen molar-refractivity contribution in [2.45, 2.75) is 13.0 Å². The van der Waals surface area contributed by atoms with Crippen molar-refractivity contribution < 1.29 is 19.1 Å². The average Bonchev–Trinajstić information content (AvgIpc) is 2.86. The zero-order valence-electron chi connectivity index (χ0n) is 15.1. The van der Waals surface area contributed by atoms with Crippen molar-refractivity contribution >= 4 is 52.4 Å². The molecular formula is C19H17Cl2N3O4. The van der Waals surface area contributed by atoms with Crippen LogP contribution in [0, 0.1) is 0 Å². The Balaban J connectivity index is 1.76. The van der Waals surface area contributed by atoms with Crippen LogP contribution in [0.1, 0.15) is 6.92 Å². The summed E-state index contributed by atoms with van der Waals surface area (Å²) in [5.41, 5.74) is 0.872. The van der Waals surface area contributed by atoms with E-state index in [0.717, 1.165) is 4.90 Å². The van der Waals surface area contributed by atoms with Crippen LogP contribution >= 0.6 is 23.2 Å². The second kappa shape index (κ2) is 8.08. The van der Waals surface area contributed by atoms with Gasteiger partial charge in [-0.25, -0.2) is 4.79 Å². The van der Waals surface area contributed by atoms with Gasteiger partial charge in [0.25, 0.3) is 5.91 Å².